The van der Waals surface area contributed by atoms with Gasteiger partial charge in [-0.3, -0.25) is 10.1 Å². The number of aromatic nitrogens is 1. The number of carbonyl (C=O) groups is 1. The van der Waals surface area contributed by atoms with E-state index in [0.29, 0.717) is 40.1 Å². The summed E-state index contributed by atoms with van der Waals surface area (Å²) in [4.78, 5) is 18.5. The summed E-state index contributed by atoms with van der Waals surface area (Å²) in [7, 11) is -3.27. The Bertz CT molecular complexity index is 1260. The van der Waals surface area contributed by atoms with E-state index in [9.17, 15) is 13.2 Å². The fourth-order valence-corrected chi connectivity index (χ4v) is 7.51. The minimum absolute atomic E-state index is 0.241. The third-order valence-corrected chi connectivity index (χ3v) is 10.4. The maximum atomic E-state index is 13.5. The van der Waals surface area contributed by atoms with Crippen molar-refractivity contribution in [1.29, 1.82) is 0 Å². The Balaban J connectivity index is 1.38. The van der Waals surface area contributed by atoms with Crippen molar-refractivity contribution >= 4 is 37.8 Å². The smallest absolute Gasteiger partial charge is 0.257 e. The standard InChI is InChI=1S/C27H34N2O5S2/c1-4-27(17-33-26(2,3)34-27)23-16-35-25(28-23)29-24(30)22(15-18-7-5-6-8-18)19-9-11-20(12-10-19)36(31,32)21-13-14-21/h9-12,15-16,18,21H,4-8,13-14,17H2,1-3H3,(H,28,29,30). The lowest BCUT2D eigenvalue weighted by atomic mass is 9.98. The monoisotopic (exact) mass is 530 g/mol. The van der Waals surface area contributed by atoms with Gasteiger partial charge in [0.1, 0.15) is 5.60 Å². The molecule has 2 saturated carbocycles. The lowest BCUT2D eigenvalue weighted by Crippen LogP contribution is -2.31. The third-order valence-electron chi connectivity index (χ3n) is 7.36. The van der Waals surface area contributed by atoms with Gasteiger partial charge in [-0.05, 0) is 69.6 Å². The van der Waals surface area contributed by atoms with Crippen LogP contribution in [0.25, 0.3) is 5.57 Å². The van der Waals surface area contributed by atoms with E-state index in [-0.39, 0.29) is 11.2 Å². The van der Waals surface area contributed by atoms with E-state index in [0.717, 1.165) is 44.2 Å². The van der Waals surface area contributed by atoms with Gasteiger partial charge in [-0.2, -0.15) is 0 Å². The molecule has 2 aliphatic carbocycles. The van der Waals surface area contributed by atoms with Gasteiger partial charge in [-0.25, -0.2) is 13.4 Å². The summed E-state index contributed by atoms with van der Waals surface area (Å²) in [5.41, 5.74) is 1.40. The number of anilines is 1. The molecule has 0 bridgehead atoms. The topological polar surface area (TPSA) is 94.6 Å². The Kier molecular flexibility index (Phi) is 6.87. The lowest BCUT2D eigenvalue weighted by Gasteiger charge is -2.26. The number of carbonyl (C=O) groups excluding carboxylic acids is 1. The summed E-state index contributed by atoms with van der Waals surface area (Å²) < 4.78 is 37.2. The van der Waals surface area contributed by atoms with E-state index >= 15 is 0 Å². The van der Waals surface area contributed by atoms with Gasteiger partial charge in [0.15, 0.2) is 20.8 Å². The van der Waals surface area contributed by atoms with Crippen LogP contribution in [0.15, 0.2) is 40.6 Å². The molecule has 194 valence electrons. The molecule has 7 nitrogen and oxygen atoms in total. The van der Waals surface area contributed by atoms with Gasteiger partial charge >= 0.3 is 0 Å². The molecule has 1 saturated heterocycles. The van der Waals surface area contributed by atoms with Gasteiger partial charge in [0.2, 0.25) is 0 Å². The van der Waals surface area contributed by atoms with Crippen molar-refractivity contribution in [1.82, 2.24) is 4.98 Å². The number of hydrogen-bond donors (Lipinski definition) is 1. The summed E-state index contributed by atoms with van der Waals surface area (Å²) in [5.74, 6) is -0.587. The summed E-state index contributed by atoms with van der Waals surface area (Å²) in [6.45, 7) is 6.23. The average Bonchev–Trinajstić information content (AvgIpc) is 3.25. The molecule has 3 fully saturated rings. The quantitative estimate of drug-likeness (QED) is 0.441. The molecule has 1 unspecified atom stereocenters. The second-order valence-corrected chi connectivity index (χ2v) is 13.6. The highest BCUT2D eigenvalue weighted by Gasteiger charge is 2.47. The number of allylic oxidation sites excluding steroid dienone is 1. The molecule has 0 radical (unpaired) electrons. The van der Waals surface area contributed by atoms with Crippen LogP contribution in [-0.4, -0.2) is 37.0 Å². The number of nitrogens with one attached hydrogen (secondary N) is 1. The number of amides is 1. The average molecular weight is 531 g/mol. The first-order valence-corrected chi connectivity index (χ1v) is 15.2. The van der Waals surface area contributed by atoms with Crippen LogP contribution in [0.5, 0.6) is 0 Å². The maximum absolute atomic E-state index is 13.5. The van der Waals surface area contributed by atoms with Crippen LogP contribution in [-0.2, 0) is 29.7 Å². The van der Waals surface area contributed by atoms with Crippen LogP contribution in [0.4, 0.5) is 5.13 Å². The molecule has 9 heteroatoms. The first kappa shape index (κ1) is 25.6. The van der Waals surface area contributed by atoms with Gasteiger partial charge in [0.05, 0.1) is 22.4 Å². The predicted molar refractivity (Wildman–Crippen MR) is 140 cm³/mol. The van der Waals surface area contributed by atoms with Gasteiger partial charge < -0.3 is 9.47 Å². The van der Waals surface area contributed by atoms with E-state index in [1.807, 2.05) is 32.2 Å². The van der Waals surface area contributed by atoms with Crippen LogP contribution in [0.2, 0.25) is 0 Å². The summed E-state index contributed by atoms with van der Waals surface area (Å²) in [6.07, 6.45) is 8.62. The van der Waals surface area contributed by atoms with Crippen LogP contribution >= 0.6 is 11.3 Å². The summed E-state index contributed by atoms with van der Waals surface area (Å²) in [5, 5.41) is 5.14. The zero-order valence-electron chi connectivity index (χ0n) is 21.1. The van der Waals surface area contributed by atoms with Crippen LogP contribution < -0.4 is 5.32 Å². The fraction of sp³-hybridized carbons (Fsp3) is 0.556. The zero-order valence-corrected chi connectivity index (χ0v) is 22.7. The first-order chi connectivity index (χ1) is 17.1. The largest absolute Gasteiger partial charge is 0.347 e. The Morgan fingerprint density at radius 2 is 1.86 bits per heavy atom. The van der Waals surface area contributed by atoms with Crippen molar-refractivity contribution in [2.75, 3.05) is 11.9 Å². The minimum Gasteiger partial charge on any atom is -0.347 e. The highest BCUT2D eigenvalue weighted by molar-refractivity contribution is 7.92. The van der Waals surface area contributed by atoms with E-state index in [1.165, 1.54) is 11.3 Å². The van der Waals surface area contributed by atoms with Gasteiger partial charge in [0.25, 0.3) is 5.91 Å². The normalized spacial score (nSPS) is 24.8. The Hall–Kier alpha value is -2.07. The first-order valence-electron chi connectivity index (χ1n) is 12.8. The van der Waals surface area contributed by atoms with E-state index < -0.39 is 21.2 Å². The van der Waals surface area contributed by atoms with Crippen molar-refractivity contribution in [2.45, 2.75) is 87.3 Å². The van der Waals surface area contributed by atoms with Crippen LogP contribution in [0.3, 0.4) is 0 Å². The van der Waals surface area contributed by atoms with Crippen molar-refractivity contribution in [3.8, 4) is 0 Å². The number of thiazole rings is 1. The molecule has 1 atom stereocenters. The predicted octanol–water partition coefficient (Wildman–Crippen LogP) is 5.68. The number of rotatable bonds is 8. The highest BCUT2D eigenvalue weighted by atomic mass is 32.2. The van der Waals surface area contributed by atoms with E-state index in [2.05, 4.69) is 5.32 Å². The molecule has 1 N–H and O–H groups in total. The van der Waals surface area contributed by atoms with Crippen molar-refractivity contribution < 1.29 is 22.7 Å². The van der Waals surface area contributed by atoms with Gasteiger partial charge in [-0.15, -0.1) is 11.3 Å². The molecule has 1 aliphatic heterocycles. The number of ether oxygens (including phenoxy) is 2. The Morgan fingerprint density at radius 1 is 1.17 bits per heavy atom. The lowest BCUT2D eigenvalue weighted by molar-refractivity contribution is -0.165. The third kappa shape index (κ3) is 5.16. The van der Waals surface area contributed by atoms with E-state index in [1.54, 1.807) is 24.3 Å². The number of sulfone groups is 1. The molecule has 3 aliphatic rings. The number of benzene rings is 1. The number of nitrogens with zero attached hydrogens (tertiary/aromatic N) is 1. The van der Waals surface area contributed by atoms with Crippen molar-refractivity contribution in [3.05, 3.63) is 47.0 Å². The van der Waals surface area contributed by atoms with Crippen LogP contribution in [0.1, 0.15) is 77.0 Å². The number of hydrogen-bond acceptors (Lipinski definition) is 7. The van der Waals surface area contributed by atoms with E-state index in [4.69, 9.17) is 14.5 Å². The molecule has 1 aromatic carbocycles. The summed E-state index contributed by atoms with van der Waals surface area (Å²) in [6, 6.07) is 6.76. The molecule has 36 heavy (non-hydrogen) atoms. The zero-order chi connectivity index (χ0) is 25.6. The highest BCUT2D eigenvalue weighted by Crippen LogP contribution is 2.42. The minimum atomic E-state index is -3.27. The molecule has 1 aromatic heterocycles. The second-order valence-electron chi connectivity index (χ2n) is 10.5. The van der Waals surface area contributed by atoms with Crippen molar-refractivity contribution in [2.24, 2.45) is 5.92 Å². The molecule has 2 heterocycles. The molecule has 0 spiro atoms. The second kappa shape index (κ2) is 9.67. The van der Waals surface area contributed by atoms with Gasteiger partial charge in [-0.1, -0.05) is 38.0 Å². The summed E-state index contributed by atoms with van der Waals surface area (Å²) >= 11 is 1.36. The molecule has 5 rings (SSSR count). The SMILES string of the molecule is CCC1(c2csc(NC(=O)C(=CC3CCCC3)c3ccc(S(=O)(=O)C4CC4)cc3)n2)COC(C)(C)O1. The Morgan fingerprint density at radius 3 is 2.44 bits per heavy atom. The van der Waals surface area contributed by atoms with Crippen LogP contribution in [0, 0.1) is 5.92 Å². The molecular formula is C27H34N2O5S2. The molecular weight excluding hydrogens is 496 g/mol. The molecule has 2 aromatic rings. The Labute approximate surface area is 217 Å². The maximum Gasteiger partial charge on any atom is 0.257 e. The van der Waals surface area contributed by atoms with Gasteiger partial charge in [0, 0.05) is 11.0 Å². The van der Waals surface area contributed by atoms with Crippen molar-refractivity contribution in [3.63, 3.8) is 0 Å². The molecule has 1 amide bonds. The fourth-order valence-electron chi connectivity index (χ4n) is 5.06.